The maximum absolute atomic E-state index is 12.8. The summed E-state index contributed by atoms with van der Waals surface area (Å²) < 4.78 is 23.1. The molecule has 0 rings (SSSR count). The van der Waals surface area contributed by atoms with E-state index in [4.69, 9.17) is 9.05 Å². The summed E-state index contributed by atoms with van der Waals surface area (Å²) in [6.45, 7) is 4.60. The highest BCUT2D eigenvalue weighted by Crippen LogP contribution is 2.38. The molecule has 0 aromatic carbocycles. The number of rotatable bonds is 42. The number of carbonyl (C=O) groups is 1. The predicted molar refractivity (Wildman–Crippen MR) is 233 cm³/mol. The van der Waals surface area contributed by atoms with Crippen molar-refractivity contribution in [1.82, 2.24) is 5.32 Å². The van der Waals surface area contributed by atoms with E-state index in [0.717, 1.165) is 38.5 Å². The van der Waals surface area contributed by atoms with Gasteiger partial charge in [0.25, 0.3) is 7.82 Å². The quantitative estimate of drug-likeness (QED) is 0.0276. The molecular weight excluding hydrogens is 707 g/mol. The predicted octanol–water partition coefficient (Wildman–Crippen LogP) is 12.3. The van der Waals surface area contributed by atoms with Crippen molar-refractivity contribution in [2.75, 3.05) is 40.9 Å². The maximum atomic E-state index is 12.8. The third-order valence-electron chi connectivity index (χ3n) is 10.4. The van der Waals surface area contributed by atoms with Crippen LogP contribution in [0.25, 0.3) is 0 Å². The molecule has 0 aromatic rings. The van der Waals surface area contributed by atoms with Crippen LogP contribution in [-0.2, 0) is 18.4 Å². The van der Waals surface area contributed by atoms with Gasteiger partial charge in [-0.25, -0.2) is 0 Å². The number of likely N-dealkylation sites (N-methyl/N-ethyl adjacent to an activating group) is 1. The second-order valence-corrected chi connectivity index (χ2v) is 18.5. The number of unbranched alkanes of at least 4 members (excludes halogenated alkanes) is 27. The van der Waals surface area contributed by atoms with E-state index in [0.29, 0.717) is 17.4 Å². The number of phosphoric acid groups is 1. The van der Waals surface area contributed by atoms with Gasteiger partial charge in [0.05, 0.1) is 39.9 Å². The van der Waals surface area contributed by atoms with Crippen molar-refractivity contribution in [3.8, 4) is 0 Å². The summed E-state index contributed by atoms with van der Waals surface area (Å²) in [5, 5.41) is 13.7. The molecule has 0 aliphatic rings. The Labute approximate surface area is 341 Å². The zero-order valence-electron chi connectivity index (χ0n) is 36.9. The van der Waals surface area contributed by atoms with E-state index in [-0.39, 0.29) is 19.1 Å². The first-order chi connectivity index (χ1) is 26.5. The summed E-state index contributed by atoms with van der Waals surface area (Å²) in [6, 6.07) is -0.897. The molecule has 1 amide bonds. The van der Waals surface area contributed by atoms with E-state index in [1.807, 2.05) is 27.2 Å². The Balaban J connectivity index is 4.19. The Hall–Kier alpha value is -1.02. The fourth-order valence-corrected chi connectivity index (χ4v) is 7.42. The number of hydrogen-bond donors (Lipinski definition) is 2. The van der Waals surface area contributed by atoms with Crippen LogP contribution < -0.4 is 10.2 Å². The Bertz CT molecular complexity index is 953. The Morgan fingerprint density at radius 1 is 0.618 bits per heavy atom. The Kier molecular flexibility index (Phi) is 37.8. The van der Waals surface area contributed by atoms with Crippen LogP contribution in [0.3, 0.4) is 0 Å². The number of phosphoric ester groups is 1. The molecule has 0 fully saturated rings. The molecule has 326 valence electrons. The van der Waals surface area contributed by atoms with Crippen LogP contribution in [0.5, 0.6) is 0 Å². The number of nitrogens with one attached hydrogen (secondary N) is 1. The van der Waals surface area contributed by atoms with Crippen molar-refractivity contribution in [1.29, 1.82) is 0 Å². The molecule has 0 saturated heterocycles. The van der Waals surface area contributed by atoms with E-state index in [1.165, 1.54) is 154 Å². The number of hydrogen-bond acceptors (Lipinski definition) is 6. The van der Waals surface area contributed by atoms with Crippen LogP contribution in [0.1, 0.15) is 213 Å². The average molecular weight is 799 g/mol. The summed E-state index contributed by atoms with van der Waals surface area (Å²) >= 11 is 0. The number of allylic oxidation sites excluding steroid dienone is 3. The number of quaternary nitrogens is 1. The average Bonchev–Trinajstić information content (AvgIpc) is 3.13. The SMILES string of the molecule is CCCCCC/C=C/CC/C=C/C(O)C(COP(=O)([O-])OCC[N+](C)(C)C)NC(=O)CCCCCCCCCCCCCCCCCCCCCCCCC. The zero-order valence-corrected chi connectivity index (χ0v) is 37.8. The monoisotopic (exact) mass is 799 g/mol. The van der Waals surface area contributed by atoms with Gasteiger partial charge >= 0.3 is 0 Å². The van der Waals surface area contributed by atoms with Crippen molar-refractivity contribution in [3.63, 3.8) is 0 Å². The van der Waals surface area contributed by atoms with Crippen molar-refractivity contribution < 1.29 is 32.9 Å². The molecule has 8 nitrogen and oxygen atoms in total. The number of carbonyl (C=O) groups excluding carboxylic acids is 1. The molecule has 0 aromatic heterocycles. The van der Waals surface area contributed by atoms with Gasteiger partial charge in [0.15, 0.2) is 0 Å². The normalized spacial score (nSPS) is 14.5. The van der Waals surface area contributed by atoms with Crippen LogP contribution in [0.4, 0.5) is 0 Å². The van der Waals surface area contributed by atoms with Gasteiger partial charge in [-0.05, 0) is 32.1 Å². The van der Waals surface area contributed by atoms with Gasteiger partial charge in [-0.15, -0.1) is 0 Å². The molecule has 0 radical (unpaired) electrons. The van der Waals surface area contributed by atoms with Gasteiger partial charge in [-0.1, -0.05) is 199 Å². The topological polar surface area (TPSA) is 108 Å². The molecule has 0 aliphatic heterocycles. The lowest BCUT2D eigenvalue weighted by molar-refractivity contribution is -0.870. The summed E-state index contributed by atoms with van der Waals surface area (Å²) in [5.74, 6) is -0.206. The standard InChI is InChI=1S/C46H91N2O6P/c1-6-8-10-12-14-16-18-19-20-21-22-23-24-25-26-27-28-29-30-32-34-36-38-40-46(50)47-44(43-54-55(51,52)53-42-41-48(3,4)5)45(49)39-37-35-33-31-17-15-13-11-9-7-2/h17,31,37,39,44-45,49H,6-16,18-30,32-36,38,40-43H2,1-5H3,(H-,47,50,51,52)/b31-17+,39-37+. The molecule has 9 heteroatoms. The van der Waals surface area contributed by atoms with Gasteiger partial charge in [-0.3, -0.25) is 9.36 Å². The van der Waals surface area contributed by atoms with Crippen LogP contribution in [0, 0.1) is 0 Å². The molecule has 0 spiro atoms. The van der Waals surface area contributed by atoms with E-state index in [9.17, 15) is 19.4 Å². The minimum absolute atomic E-state index is 0.00454. The number of nitrogens with zero attached hydrogens (tertiary/aromatic N) is 1. The molecule has 55 heavy (non-hydrogen) atoms. The molecule has 0 saturated carbocycles. The minimum atomic E-state index is -4.59. The second-order valence-electron chi connectivity index (χ2n) is 17.1. The summed E-state index contributed by atoms with van der Waals surface area (Å²) in [5.41, 5.74) is 0. The molecule has 0 heterocycles. The first-order valence-electron chi connectivity index (χ1n) is 23.2. The summed E-state index contributed by atoms with van der Waals surface area (Å²) in [4.78, 5) is 25.2. The fraction of sp³-hybridized carbons (Fsp3) is 0.891. The van der Waals surface area contributed by atoms with Crippen LogP contribution >= 0.6 is 7.82 Å². The molecular formula is C46H91N2O6P. The van der Waals surface area contributed by atoms with Crippen LogP contribution in [0.2, 0.25) is 0 Å². The fourth-order valence-electron chi connectivity index (χ4n) is 6.70. The second kappa shape index (κ2) is 38.5. The smallest absolute Gasteiger partial charge is 0.268 e. The number of amides is 1. The highest BCUT2D eigenvalue weighted by molar-refractivity contribution is 7.45. The molecule has 3 unspecified atom stereocenters. The largest absolute Gasteiger partial charge is 0.756 e. The lowest BCUT2D eigenvalue weighted by Gasteiger charge is -2.29. The summed E-state index contributed by atoms with van der Waals surface area (Å²) in [6.07, 6.45) is 45.3. The van der Waals surface area contributed by atoms with E-state index in [2.05, 4.69) is 31.3 Å². The van der Waals surface area contributed by atoms with E-state index < -0.39 is 20.0 Å². The number of aliphatic hydroxyl groups is 1. The highest BCUT2D eigenvalue weighted by Gasteiger charge is 2.23. The van der Waals surface area contributed by atoms with Gasteiger partial charge in [0.1, 0.15) is 13.2 Å². The maximum Gasteiger partial charge on any atom is 0.268 e. The Morgan fingerprint density at radius 2 is 1.02 bits per heavy atom. The lowest BCUT2D eigenvalue weighted by atomic mass is 10.0. The molecule has 0 bridgehead atoms. The molecule has 2 N–H and O–H groups in total. The van der Waals surface area contributed by atoms with Crippen molar-refractivity contribution in [3.05, 3.63) is 24.3 Å². The third-order valence-corrected chi connectivity index (χ3v) is 11.4. The number of aliphatic hydroxyl groups excluding tert-OH is 1. The van der Waals surface area contributed by atoms with Crippen LogP contribution in [0.15, 0.2) is 24.3 Å². The summed E-state index contributed by atoms with van der Waals surface area (Å²) in [7, 11) is 1.25. The Morgan fingerprint density at radius 3 is 1.47 bits per heavy atom. The first-order valence-corrected chi connectivity index (χ1v) is 24.7. The molecule has 0 aliphatic carbocycles. The highest BCUT2D eigenvalue weighted by atomic mass is 31.2. The van der Waals surface area contributed by atoms with Crippen LogP contribution in [-0.4, -0.2) is 68.5 Å². The van der Waals surface area contributed by atoms with Crippen molar-refractivity contribution in [2.24, 2.45) is 0 Å². The first kappa shape index (κ1) is 54.0. The van der Waals surface area contributed by atoms with Gasteiger partial charge in [0.2, 0.25) is 5.91 Å². The van der Waals surface area contributed by atoms with Gasteiger partial charge < -0.3 is 28.8 Å². The van der Waals surface area contributed by atoms with Crippen molar-refractivity contribution >= 4 is 13.7 Å². The third kappa shape index (κ3) is 41.0. The van der Waals surface area contributed by atoms with Gasteiger partial charge in [0, 0.05) is 6.42 Å². The lowest BCUT2D eigenvalue weighted by Crippen LogP contribution is -2.45. The molecule has 3 atom stereocenters. The minimum Gasteiger partial charge on any atom is -0.756 e. The van der Waals surface area contributed by atoms with E-state index >= 15 is 0 Å². The van der Waals surface area contributed by atoms with E-state index in [1.54, 1.807) is 6.08 Å². The van der Waals surface area contributed by atoms with Crippen molar-refractivity contribution in [2.45, 2.75) is 225 Å². The van der Waals surface area contributed by atoms with Gasteiger partial charge in [-0.2, -0.15) is 0 Å². The zero-order chi connectivity index (χ0) is 40.7.